The highest BCUT2D eigenvalue weighted by atomic mass is 16.6. The van der Waals surface area contributed by atoms with Crippen LogP contribution in [0.3, 0.4) is 0 Å². The van der Waals surface area contributed by atoms with Gasteiger partial charge in [0.2, 0.25) is 0 Å². The number of fused-ring (bicyclic) bond motifs is 5. The van der Waals surface area contributed by atoms with Crippen LogP contribution in [-0.4, -0.2) is 43.5 Å². The summed E-state index contributed by atoms with van der Waals surface area (Å²) < 4.78 is 14.3. The van der Waals surface area contributed by atoms with E-state index in [9.17, 15) is 9.59 Å². The van der Waals surface area contributed by atoms with Crippen molar-refractivity contribution in [3.8, 4) is 5.69 Å². The van der Waals surface area contributed by atoms with Crippen molar-refractivity contribution in [1.29, 1.82) is 0 Å². The van der Waals surface area contributed by atoms with E-state index < -0.39 is 29.3 Å². The zero-order chi connectivity index (χ0) is 36.8. The Morgan fingerprint density at radius 1 is 0.717 bits per heavy atom. The van der Waals surface area contributed by atoms with Crippen LogP contribution in [0.1, 0.15) is 54.9 Å². The van der Waals surface area contributed by atoms with Gasteiger partial charge in [-0.05, 0) is 83.1 Å². The molecule has 3 atom stereocenters. The van der Waals surface area contributed by atoms with Gasteiger partial charge in [-0.15, -0.1) is 0 Å². The molecule has 8 rings (SSSR count). The first kappa shape index (κ1) is 35.4. The van der Waals surface area contributed by atoms with Gasteiger partial charge in [-0.25, -0.2) is 4.98 Å². The second-order valence-electron chi connectivity index (χ2n) is 14.3. The highest BCUT2D eigenvalue weighted by Gasteiger charge is 2.47. The van der Waals surface area contributed by atoms with Crippen LogP contribution in [0.25, 0.3) is 27.2 Å². The number of ether oxygens (including phenoxy) is 2. The molecule has 0 saturated heterocycles. The molecule has 7 aromatic rings. The van der Waals surface area contributed by atoms with Crippen molar-refractivity contribution in [2.45, 2.75) is 51.2 Å². The maximum atomic E-state index is 14.7. The monoisotopic (exact) mass is 702 g/mol. The number of rotatable bonds is 8. The second kappa shape index (κ2) is 15.7. The summed E-state index contributed by atoms with van der Waals surface area (Å²) in [6.45, 7) is 6.05. The molecule has 0 spiro atoms. The highest BCUT2D eigenvalue weighted by molar-refractivity contribution is 6.11. The standard InChI is InChI=1S/C41H38N2O4.C4H4N2/c1-41(2,3)47-40(45)38-36(25-46-24-28-9-5-4-6-10-28)39(44)35(23-27-13-16-30(17-14-27)43-22-21-42-26-43)34-20-19-32-31-12-8-7-11-29(31)15-18-33(32)37(34)38;1-2-6-4-3-5-1/h4-22,26,35-36,38H,23-25H2,1-3H3;1-4H/t35-,36?,38?;/m0./s1. The van der Waals surface area contributed by atoms with Crippen molar-refractivity contribution in [1.82, 2.24) is 19.5 Å². The number of aromatic nitrogens is 4. The van der Waals surface area contributed by atoms with Crippen LogP contribution >= 0.6 is 0 Å². The van der Waals surface area contributed by atoms with Gasteiger partial charge < -0.3 is 14.0 Å². The molecule has 0 radical (unpaired) electrons. The largest absolute Gasteiger partial charge is 0.459 e. The molecule has 8 heteroatoms. The molecule has 266 valence electrons. The number of imidazole rings is 1. The minimum absolute atomic E-state index is 0.000228. The van der Waals surface area contributed by atoms with Gasteiger partial charge in [0.15, 0.2) is 0 Å². The SMILES string of the molecule is CC(C)(C)OC(=O)C1c2c(ccc3c2ccc2ccccc23)[C@H](Cc2ccc(-n3ccnc3)cc2)C(=O)C1COCc1ccccc1.c1cnccn1. The third-order valence-electron chi connectivity index (χ3n) is 9.53. The number of esters is 1. The number of ketones is 1. The van der Waals surface area contributed by atoms with E-state index in [1.165, 1.54) is 0 Å². The van der Waals surface area contributed by atoms with Gasteiger partial charge in [0.25, 0.3) is 0 Å². The average molecular weight is 703 g/mol. The van der Waals surface area contributed by atoms with Gasteiger partial charge in [0, 0.05) is 48.8 Å². The maximum absolute atomic E-state index is 14.7. The maximum Gasteiger partial charge on any atom is 0.314 e. The lowest BCUT2D eigenvalue weighted by molar-refractivity contribution is -0.161. The smallest absolute Gasteiger partial charge is 0.314 e. The van der Waals surface area contributed by atoms with E-state index in [0.717, 1.165) is 49.5 Å². The summed E-state index contributed by atoms with van der Waals surface area (Å²) in [5.41, 5.74) is 4.08. The number of benzene rings is 5. The summed E-state index contributed by atoms with van der Waals surface area (Å²) in [4.78, 5) is 40.6. The molecule has 2 unspecified atom stereocenters. The zero-order valence-corrected chi connectivity index (χ0v) is 30.1. The molecule has 0 saturated carbocycles. The molecule has 0 bridgehead atoms. The van der Waals surface area contributed by atoms with E-state index in [-0.39, 0.29) is 12.4 Å². The summed E-state index contributed by atoms with van der Waals surface area (Å²) in [6, 6.07) is 34.8. The Morgan fingerprint density at radius 3 is 2.09 bits per heavy atom. The summed E-state index contributed by atoms with van der Waals surface area (Å²) in [5, 5.41) is 4.25. The second-order valence-corrected chi connectivity index (χ2v) is 14.3. The van der Waals surface area contributed by atoms with Crippen LogP contribution in [0, 0.1) is 5.92 Å². The summed E-state index contributed by atoms with van der Waals surface area (Å²) >= 11 is 0. The molecule has 2 aromatic heterocycles. The van der Waals surface area contributed by atoms with Crippen molar-refractivity contribution >= 4 is 33.3 Å². The van der Waals surface area contributed by atoms with Crippen LogP contribution in [-0.2, 0) is 32.1 Å². The summed E-state index contributed by atoms with van der Waals surface area (Å²) in [5.74, 6) is -2.38. The average Bonchev–Trinajstić information content (AvgIpc) is 3.72. The van der Waals surface area contributed by atoms with E-state index in [1.807, 2.05) is 86.1 Å². The molecular weight excluding hydrogens is 661 g/mol. The Hall–Kier alpha value is -5.99. The molecule has 0 aliphatic heterocycles. The first-order valence-electron chi connectivity index (χ1n) is 17.9. The van der Waals surface area contributed by atoms with E-state index in [0.29, 0.717) is 13.0 Å². The van der Waals surface area contributed by atoms with E-state index in [1.54, 1.807) is 37.3 Å². The van der Waals surface area contributed by atoms with Crippen LogP contribution < -0.4 is 0 Å². The molecular formula is C45H42N4O4. The zero-order valence-electron chi connectivity index (χ0n) is 30.1. The molecule has 53 heavy (non-hydrogen) atoms. The van der Waals surface area contributed by atoms with Gasteiger partial charge in [-0.1, -0.05) is 91.0 Å². The van der Waals surface area contributed by atoms with Crippen molar-refractivity contribution in [3.63, 3.8) is 0 Å². The first-order chi connectivity index (χ1) is 25.8. The fourth-order valence-electron chi connectivity index (χ4n) is 7.18. The Labute approximate surface area is 309 Å². The van der Waals surface area contributed by atoms with Gasteiger partial charge in [-0.3, -0.25) is 19.6 Å². The molecule has 2 heterocycles. The predicted octanol–water partition coefficient (Wildman–Crippen LogP) is 8.82. The number of Topliss-reactive ketones (excluding diaryl/α,β-unsaturated/α-hetero) is 1. The van der Waals surface area contributed by atoms with Crippen molar-refractivity contribution in [3.05, 3.63) is 169 Å². The Morgan fingerprint density at radius 2 is 1.42 bits per heavy atom. The molecule has 0 amide bonds. The number of carbonyl (C=O) groups excluding carboxylic acids is 2. The van der Waals surface area contributed by atoms with Crippen LogP contribution in [0.15, 0.2) is 147 Å². The number of hydrogen-bond acceptors (Lipinski definition) is 7. The number of hydrogen-bond donors (Lipinski definition) is 0. The fourth-order valence-corrected chi connectivity index (χ4v) is 7.18. The molecule has 0 N–H and O–H groups in total. The normalized spacial score (nSPS) is 16.8. The summed E-state index contributed by atoms with van der Waals surface area (Å²) in [7, 11) is 0. The molecule has 8 nitrogen and oxygen atoms in total. The molecule has 1 aliphatic rings. The minimum Gasteiger partial charge on any atom is -0.459 e. The number of nitrogens with zero attached hydrogens (tertiary/aromatic N) is 4. The lowest BCUT2D eigenvalue weighted by atomic mass is 9.66. The molecule has 1 aliphatic carbocycles. The highest BCUT2D eigenvalue weighted by Crippen LogP contribution is 2.47. The third-order valence-corrected chi connectivity index (χ3v) is 9.53. The molecule has 0 fully saturated rings. The lowest BCUT2D eigenvalue weighted by Gasteiger charge is -2.38. The van der Waals surface area contributed by atoms with Crippen molar-refractivity contribution < 1.29 is 19.1 Å². The Kier molecular flexibility index (Phi) is 10.5. The van der Waals surface area contributed by atoms with Gasteiger partial charge in [0.1, 0.15) is 11.4 Å². The van der Waals surface area contributed by atoms with Crippen LogP contribution in [0.2, 0.25) is 0 Å². The van der Waals surface area contributed by atoms with Crippen molar-refractivity contribution in [2.75, 3.05) is 6.61 Å². The quantitative estimate of drug-likeness (QED) is 0.115. The van der Waals surface area contributed by atoms with Crippen LogP contribution in [0.4, 0.5) is 0 Å². The first-order valence-corrected chi connectivity index (χ1v) is 17.9. The van der Waals surface area contributed by atoms with Gasteiger partial charge in [-0.2, -0.15) is 0 Å². The van der Waals surface area contributed by atoms with Gasteiger partial charge >= 0.3 is 5.97 Å². The lowest BCUT2D eigenvalue weighted by Crippen LogP contribution is -2.42. The number of carbonyl (C=O) groups is 2. The molecule has 5 aromatic carbocycles. The van der Waals surface area contributed by atoms with E-state index in [4.69, 9.17) is 9.47 Å². The Bertz CT molecular complexity index is 2280. The topological polar surface area (TPSA) is 96.2 Å². The van der Waals surface area contributed by atoms with Crippen LogP contribution in [0.5, 0.6) is 0 Å². The third kappa shape index (κ3) is 8.08. The predicted molar refractivity (Wildman–Crippen MR) is 207 cm³/mol. The summed E-state index contributed by atoms with van der Waals surface area (Å²) in [6.07, 6.45) is 12.5. The van der Waals surface area contributed by atoms with E-state index >= 15 is 0 Å². The minimum atomic E-state index is -0.808. The van der Waals surface area contributed by atoms with Crippen molar-refractivity contribution in [2.24, 2.45) is 5.92 Å². The van der Waals surface area contributed by atoms with E-state index in [2.05, 4.69) is 63.5 Å². The fraction of sp³-hybridized carbons (Fsp3) is 0.222. The Balaban J connectivity index is 0.000000661. The van der Waals surface area contributed by atoms with Gasteiger partial charge in [0.05, 0.1) is 31.4 Å².